The minimum atomic E-state index is 0.769. The van der Waals surface area contributed by atoms with Gasteiger partial charge >= 0.3 is 52.9 Å². The molecule has 0 aliphatic heterocycles. The van der Waals surface area contributed by atoms with Gasteiger partial charge in [0.05, 0.1) is 0 Å². The molecule has 0 N–H and O–H groups in total. The maximum absolute atomic E-state index is 2.46. The Morgan fingerprint density at radius 1 is 1.33 bits per heavy atom. The molecule has 0 bridgehead atoms. The second-order valence-electron chi connectivity index (χ2n) is 1.49. The third-order valence-electron chi connectivity index (χ3n) is 1.08. The van der Waals surface area contributed by atoms with Gasteiger partial charge in [0.25, 0.3) is 0 Å². The fourth-order valence-corrected chi connectivity index (χ4v) is 0.224. The standard InChI is InChI=1S/C4H10N.Sn.3H/c1-3-5-4-2;;;;/h3-4H2,1-2H3;;;;/q-1;+1;;;. The summed E-state index contributed by atoms with van der Waals surface area (Å²) in [5.74, 6) is 0. The zero-order valence-corrected chi connectivity index (χ0v) is 10.6. The zero-order valence-electron chi connectivity index (χ0n) is 4.86. The van der Waals surface area contributed by atoms with E-state index in [0.717, 1.165) is 22.8 Å². The molecule has 0 saturated carbocycles. The summed E-state index contributed by atoms with van der Waals surface area (Å²) in [6.45, 7) is 6.93. The Hall–Kier alpha value is 0.759. The van der Waals surface area contributed by atoms with Gasteiger partial charge in [-0.3, -0.25) is 0 Å². The van der Waals surface area contributed by atoms with E-state index >= 15 is 0 Å². The molecule has 0 amide bonds. The summed E-state index contributed by atoms with van der Waals surface area (Å²) in [6, 6.07) is 0. The van der Waals surface area contributed by atoms with Gasteiger partial charge in [0.2, 0.25) is 0 Å². The van der Waals surface area contributed by atoms with Crippen LogP contribution in [0.5, 0.6) is 0 Å². The van der Waals surface area contributed by atoms with E-state index in [1.165, 1.54) is 13.1 Å². The van der Waals surface area contributed by atoms with Crippen LogP contribution < -0.4 is 0 Å². The van der Waals surface area contributed by atoms with Gasteiger partial charge in [0, 0.05) is 0 Å². The monoisotopic (exact) mass is 195 g/mol. The van der Waals surface area contributed by atoms with Crippen molar-refractivity contribution in [2.75, 3.05) is 13.1 Å². The summed E-state index contributed by atoms with van der Waals surface area (Å²) in [6.07, 6.45) is 0. The Kier molecular flexibility index (Phi) is 4.43. The predicted octanol–water partition coefficient (Wildman–Crippen LogP) is -0.391. The Balaban J connectivity index is 2.75. The first-order chi connectivity index (χ1) is 2.81. The molecule has 0 rings (SSSR count). The normalized spacial score (nSPS) is 10.5. The van der Waals surface area contributed by atoms with E-state index < -0.39 is 0 Å². The Bertz CT molecular complexity index is 26.7. The van der Waals surface area contributed by atoms with Crippen LogP contribution in [0.2, 0.25) is 0 Å². The Labute approximate surface area is 53.2 Å². The second-order valence-corrected chi connectivity index (χ2v) is 5.10. The number of hydrogen-bond donors (Lipinski definition) is 0. The maximum atomic E-state index is 2.46. The third-order valence-corrected chi connectivity index (χ3v) is 4.69. The molecule has 0 unspecified atom stereocenters. The molecule has 0 spiro atoms. The molecule has 0 aliphatic carbocycles. The van der Waals surface area contributed by atoms with Gasteiger partial charge in [-0.1, -0.05) is 0 Å². The van der Waals surface area contributed by atoms with E-state index in [1.54, 1.807) is 0 Å². The molecule has 38 valence electrons. The van der Waals surface area contributed by atoms with Crippen LogP contribution >= 0.6 is 0 Å². The Morgan fingerprint density at radius 3 is 1.67 bits per heavy atom. The number of hydrogen-bond acceptors (Lipinski definition) is 1. The summed E-state index contributed by atoms with van der Waals surface area (Å²) in [5.41, 5.74) is 0. The van der Waals surface area contributed by atoms with E-state index in [1.807, 2.05) is 0 Å². The molecule has 0 atom stereocenters. The van der Waals surface area contributed by atoms with Gasteiger partial charge in [-0.05, 0) is 0 Å². The number of rotatable bonds is 2. The van der Waals surface area contributed by atoms with Crippen LogP contribution in [-0.4, -0.2) is 39.0 Å². The van der Waals surface area contributed by atoms with Crippen LogP contribution in [0.25, 0.3) is 0 Å². The van der Waals surface area contributed by atoms with E-state index in [9.17, 15) is 0 Å². The van der Waals surface area contributed by atoms with Crippen molar-refractivity contribution < 1.29 is 0 Å². The van der Waals surface area contributed by atoms with Crippen LogP contribution in [0.1, 0.15) is 13.8 Å². The summed E-state index contributed by atoms with van der Waals surface area (Å²) in [5, 5.41) is 0. The van der Waals surface area contributed by atoms with Crippen molar-refractivity contribution in [1.82, 2.24) is 3.12 Å². The molecule has 0 saturated heterocycles. The van der Waals surface area contributed by atoms with Gasteiger partial charge < -0.3 is 0 Å². The molecule has 2 heteroatoms. The van der Waals surface area contributed by atoms with E-state index in [-0.39, 0.29) is 0 Å². The molecule has 0 aromatic heterocycles. The predicted molar refractivity (Wildman–Crippen MR) is 32.9 cm³/mol. The van der Waals surface area contributed by atoms with Gasteiger partial charge in [0.1, 0.15) is 0 Å². The van der Waals surface area contributed by atoms with Crippen molar-refractivity contribution in [2.24, 2.45) is 0 Å². The van der Waals surface area contributed by atoms with Crippen LogP contribution in [0.15, 0.2) is 0 Å². The van der Waals surface area contributed by atoms with Crippen LogP contribution in [0.4, 0.5) is 0 Å². The van der Waals surface area contributed by atoms with E-state index in [2.05, 4.69) is 17.0 Å². The first-order valence-electron chi connectivity index (χ1n) is 2.49. The fraction of sp³-hybridized carbons (Fsp3) is 1.00. The summed E-state index contributed by atoms with van der Waals surface area (Å²) in [7, 11) is 0. The van der Waals surface area contributed by atoms with Gasteiger partial charge in [-0.25, -0.2) is 0 Å². The van der Waals surface area contributed by atoms with Crippen molar-refractivity contribution in [3.05, 3.63) is 0 Å². The zero-order chi connectivity index (χ0) is 4.99. The van der Waals surface area contributed by atoms with Crippen molar-refractivity contribution in [1.29, 1.82) is 0 Å². The van der Waals surface area contributed by atoms with Gasteiger partial charge in [-0.2, -0.15) is 0 Å². The number of nitrogens with zero attached hydrogens (tertiary/aromatic N) is 1. The molecule has 0 radical (unpaired) electrons. The topological polar surface area (TPSA) is 3.24 Å². The Morgan fingerprint density at radius 2 is 1.67 bits per heavy atom. The minimum absolute atomic E-state index is 0.769. The van der Waals surface area contributed by atoms with Gasteiger partial charge in [0.15, 0.2) is 0 Å². The third kappa shape index (κ3) is 2.97. The van der Waals surface area contributed by atoms with Crippen molar-refractivity contribution in [3.8, 4) is 0 Å². The van der Waals surface area contributed by atoms with Crippen LogP contribution in [0.3, 0.4) is 0 Å². The van der Waals surface area contributed by atoms with Crippen molar-refractivity contribution in [3.63, 3.8) is 0 Å². The molecule has 0 aromatic carbocycles. The average Bonchev–Trinajstić information content (AvgIpc) is 1.65. The van der Waals surface area contributed by atoms with E-state index in [0.29, 0.717) is 0 Å². The SMILES string of the molecule is CC[N]([SnH3])CC. The molecule has 0 heterocycles. The average molecular weight is 194 g/mol. The fourth-order valence-electron chi connectivity index (χ4n) is 0.224. The van der Waals surface area contributed by atoms with Gasteiger partial charge in [-0.15, -0.1) is 0 Å². The molecular weight excluding hydrogens is 181 g/mol. The van der Waals surface area contributed by atoms with Crippen LogP contribution in [-0.2, 0) is 0 Å². The first-order valence-corrected chi connectivity index (χ1v) is 5.05. The first kappa shape index (κ1) is 6.76. The molecule has 1 nitrogen and oxygen atoms in total. The summed E-state index contributed by atoms with van der Waals surface area (Å²) >= 11 is 0.769. The van der Waals surface area contributed by atoms with Crippen molar-refractivity contribution in [2.45, 2.75) is 13.8 Å². The van der Waals surface area contributed by atoms with E-state index in [4.69, 9.17) is 0 Å². The van der Waals surface area contributed by atoms with Crippen LogP contribution in [0, 0.1) is 0 Å². The molecule has 0 aromatic rings. The van der Waals surface area contributed by atoms with Crippen molar-refractivity contribution >= 4 is 22.8 Å². The molecule has 0 aliphatic rings. The summed E-state index contributed by atoms with van der Waals surface area (Å²) in [4.78, 5) is 0. The molecule has 0 fully saturated rings. The second kappa shape index (κ2) is 3.93. The quantitative estimate of drug-likeness (QED) is 0.541. The summed E-state index contributed by atoms with van der Waals surface area (Å²) < 4.78 is 2.46. The molecule has 6 heavy (non-hydrogen) atoms. The molecular formula is C4H13NSn.